The van der Waals surface area contributed by atoms with E-state index in [-0.39, 0.29) is 5.76 Å². The molecule has 1 aromatic heterocycles. The predicted octanol–water partition coefficient (Wildman–Crippen LogP) is 1.59. The Morgan fingerprint density at radius 3 is 3.12 bits per heavy atom. The fourth-order valence-corrected chi connectivity index (χ4v) is 2.36. The zero-order valence-electron chi connectivity index (χ0n) is 8.95. The van der Waals surface area contributed by atoms with E-state index in [1.807, 2.05) is 12.1 Å². The molecule has 0 amide bonds. The summed E-state index contributed by atoms with van der Waals surface area (Å²) in [4.78, 5) is 13.7. The van der Waals surface area contributed by atoms with Crippen LogP contribution in [-0.2, 0) is 0 Å². The van der Waals surface area contributed by atoms with Crippen LogP contribution in [0.15, 0.2) is 27.4 Å². The van der Waals surface area contributed by atoms with Crippen LogP contribution in [0, 0.1) is 0 Å². The number of oxazole rings is 1. The van der Waals surface area contributed by atoms with E-state index in [2.05, 4.69) is 16.4 Å². The van der Waals surface area contributed by atoms with Gasteiger partial charge < -0.3 is 9.73 Å². The second kappa shape index (κ2) is 3.79. The van der Waals surface area contributed by atoms with Crippen molar-refractivity contribution in [2.24, 2.45) is 0 Å². The van der Waals surface area contributed by atoms with Gasteiger partial charge in [-0.15, -0.1) is 0 Å². The maximum Gasteiger partial charge on any atom is 0.417 e. The first-order valence-electron chi connectivity index (χ1n) is 5.66. The molecule has 1 aromatic carbocycles. The van der Waals surface area contributed by atoms with Gasteiger partial charge in [0.1, 0.15) is 0 Å². The number of nitrogens with one attached hydrogen (secondary N) is 2. The average Bonchev–Trinajstić information content (AvgIpc) is 2.69. The molecule has 2 N–H and O–H groups in total. The molecule has 2 aromatic rings. The van der Waals surface area contributed by atoms with Crippen molar-refractivity contribution >= 4 is 11.1 Å². The van der Waals surface area contributed by atoms with Crippen LogP contribution in [0.3, 0.4) is 0 Å². The Balaban J connectivity index is 2.00. The summed E-state index contributed by atoms with van der Waals surface area (Å²) in [5, 5.41) is 3.39. The van der Waals surface area contributed by atoms with Crippen molar-refractivity contribution in [3.63, 3.8) is 0 Å². The van der Waals surface area contributed by atoms with Gasteiger partial charge in [0.25, 0.3) is 0 Å². The van der Waals surface area contributed by atoms with Crippen LogP contribution in [0.1, 0.15) is 24.3 Å². The molecule has 84 valence electrons. The number of benzene rings is 1. The summed E-state index contributed by atoms with van der Waals surface area (Å²) >= 11 is 0. The number of hydrogen-bond donors (Lipinski definition) is 2. The molecule has 3 rings (SSSR count). The summed E-state index contributed by atoms with van der Waals surface area (Å²) in [5.74, 6) is 0.172. The zero-order chi connectivity index (χ0) is 11.0. The SMILES string of the molecule is O=c1[nH]c2cc(C3CCCNC3)ccc2o1. The molecule has 1 fully saturated rings. The van der Waals surface area contributed by atoms with Crippen LogP contribution in [0.4, 0.5) is 0 Å². The molecular weight excluding hydrogens is 204 g/mol. The Morgan fingerprint density at radius 1 is 1.38 bits per heavy atom. The Hall–Kier alpha value is -1.55. The standard InChI is InChI=1S/C12H14N2O2/c15-12-14-10-6-8(3-4-11(10)16-12)9-2-1-5-13-7-9/h3-4,6,9,13H,1-2,5,7H2,(H,14,15). The summed E-state index contributed by atoms with van der Waals surface area (Å²) in [5.41, 5.74) is 2.71. The molecule has 16 heavy (non-hydrogen) atoms. The molecule has 1 saturated heterocycles. The number of hydrogen-bond acceptors (Lipinski definition) is 3. The van der Waals surface area contributed by atoms with Gasteiger partial charge in [-0.2, -0.15) is 0 Å². The first-order chi connectivity index (χ1) is 7.83. The first kappa shape index (κ1) is 9.66. The highest BCUT2D eigenvalue weighted by Gasteiger charge is 2.15. The minimum atomic E-state index is -0.381. The third-order valence-corrected chi connectivity index (χ3v) is 3.21. The molecule has 4 nitrogen and oxygen atoms in total. The van der Waals surface area contributed by atoms with Crippen molar-refractivity contribution < 1.29 is 4.42 Å². The van der Waals surface area contributed by atoms with E-state index < -0.39 is 0 Å². The van der Waals surface area contributed by atoms with Crippen LogP contribution < -0.4 is 11.1 Å². The van der Waals surface area contributed by atoms with Crippen LogP contribution in [0.5, 0.6) is 0 Å². The van der Waals surface area contributed by atoms with Gasteiger partial charge in [-0.25, -0.2) is 4.79 Å². The number of rotatable bonds is 1. The summed E-state index contributed by atoms with van der Waals surface area (Å²) < 4.78 is 4.98. The Kier molecular flexibility index (Phi) is 2.29. The summed E-state index contributed by atoms with van der Waals surface area (Å²) in [6.07, 6.45) is 2.42. The second-order valence-corrected chi connectivity index (χ2v) is 4.31. The summed E-state index contributed by atoms with van der Waals surface area (Å²) in [7, 11) is 0. The van der Waals surface area contributed by atoms with Crippen molar-refractivity contribution in [3.8, 4) is 0 Å². The molecule has 1 unspecified atom stereocenters. The van der Waals surface area contributed by atoms with E-state index in [4.69, 9.17) is 4.42 Å². The quantitative estimate of drug-likeness (QED) is 0.764. The number of fused-ring (bicyclic) bond motifs is 1. The van der Waals surface area contributed by atoms with Crippen LogP contribution in [0.25, 0.3) is 11.1 Å². The predicted molar refractivity (Wildman–Crippen MR) is 61.7 cm³/mol. The fourth-order valence-electron chi connectivity index (χ4n) is 2.36. The lowest BCUT2D eigenvalue weighted by Gasteiger charge is -2.22. The van der Waals surface area contributed by atoms with Crippen molar-refractivity contribution in [2.45, 2.75) is 18.8 Å². The monoisotopic (exact) mass is 218 g/mol. The summed E-state index contributed by atoms with van der Waals surface area (Å²) in [6.45, 7) is 2.13. The normalized spacial score (nSPS) is 21.4. The van der Waals surface area contributed by atoms with Gasteiger partial charge in [-0.05, 0) is 43.0 Å². The van der Waals surface area contributed by atoms with Crippen molar-refractivity contribution in [2.75, 3.05) is 13.1 Å². The Bertz CT molecular complexity index is 549. The first-order valence-corrected chi connectivity index (χ1v) is 5.66. The number of aromatic nitrogens is 1. The van der Waals surface area contributed by atoms with Crippen LogP contribution in [-0.4, -0.2) is 18.1 Å². The average molecular weight is 218 g/mol. The van der Waals surface area contributed by atoms with Gasteiger partial charge in [0, 0.05) is 6.54 Å². The molecule has 0 aliphatic carbocycles. The largest absolute Gasteiger partial charge is 0.417 e. The fraction of sp³-hybridized carbons (Fsp3) is 0.417. The van der Waals surface area contributed by atoms with Gasteiger partial charge in [0.2, 0.25) is 0 Å². The zero-order valence-corrected chi connectivity index (χ0v) is 8.95. The smallest absolute Gasteiger partial charge is 0.408 e. The van der Waals surface area contributed by atoms with Crippen molar-refractivity contribution in [3.05, 3.63) is 34.3 Å². The molecule has 0 radical (unpaired) electrons. The van der Waals surface area contributed by atoms with Gasteiger partial charge in [-0.1, -0.05) is 6.07 Å². The molecule has 0 saturated carbocycles. The molecule has 1 atom stereocenters. The lowest BCUT2D eigenvalue weighted by Crippen LogP contribution is -2.28. The maximum atomic E-state index is 11.0. The van der Waals surface area contributed by atoms with Gasteiger partial charge >= 0.3 is 5.76 Å². The van der Waals surface area contributed by atoms with E-state index in [1.54, 1.807) is 0 Å². The minimum absolute atomic E-state index is 0.381. The van der Waals surface area contributed by atoms with Gasteiger partial charge in [-0.3, -0.25) is 4.98 Å². The summed E-state index contributed by atoms with van der Waals surface area (Å²) in [6, 6.07) is 5.95. The lowest BCUT2D eigenvalue weighted by molar-refractivity contribution is 0.462. The Morgan fingerprint density at radius 2 is 2.31 bits per heavy atom. The number of aromatic amines is 1. The molecular formula is C12H14N2O2. The molecule has 0 bridgehead atoms. The van der Waals surface area contributed by atoms with Crippen molar-refractivity contribution in [1.29, 1.82) is 0 Å². The van der Waals surface area contributed by atoms with Crippen molar-refractivity contribution in [1.82, 2.24) is 10.3 Å². The van der Waals surface area contributed by atoms with E-state index in [0.29, 0.717) is 11.5 Å². The van der Waals surface area contributed by atoms with E-state index >= 15 is 0 Å². The Labute approximate surface area is 92.7 Å². The topological polar surface area (TPSA) is 58.0 Å². The minimum Gasteiger partial charge on any atom is -0.408 e. The lowest BCUT2D eigenvalue weighted by atomic mass is 9.91. The number of H-pyrrole nitrogens is 1. The van der Waals surface area contributed by atoms with E-state index in [9.17, 15) is 4.79 Å². The maximum absolute atomic E-state index is 11.0. The van der Waals surface area contributed by atoms with Crippen LogP contribution in [0.2, 0.25) is 0 Å². The molecule has 4 heteroatoms. The molecule has 2 heterocycles. The molecule has 1 aliphatic rings. The molecule has 0 spiro atoms. The highest BCUT2D eigenvalue weighted by molar-refractivity contribution is 5.73. The van der Waals surface area contributed by atoms with E-state index in [0.717, 1.165) is 18.6 Å². The van der Waals surface area contributed by atoms with Gasteiger partial charge in [0.15, 0.2) is 5.58 Å². The third kappa shape index (κ3) is 1.65. The van der Waals surface area contributed by atoms with E-state index in [1.165, 1.54) is 18.4 Å². The second-order valence-electron chi connectivity index (χ2n) is 4.31. The number of piperidine rings is 1. The highest BCUT2D eigenvalue weighted by atomic mass is 16.4. The van der Waals surface area contributed by atoms with Gasteiger partial charge in [0.05, 0.1) is 5.52 Å². The van der Waals surface area contributed by atoms with Crippen LogP contribution >= 0.6 is 0 Å². The highest BCUT2D eigenvalue weighted by Crippen LogP contribution is 2.25. The third-order valence-electron chi connectivity index (χ3n) is 3.21. The molecule has 1 aliphatic heterocycles.